The number of nitrogens with zero attached hydrogens (tertiary/aromatic N) is 2. The van der Waals surface area contributed by atoms with Gasteiger partial charge in [-0.05, 0) is 71.5 Å². The van der Waals surface area contributed by atoms with Gasteiger partial charge in [-0.15, -0.1) is 0 Å². The van der Waals surface area contributed by atoms with Crippen LogP contribution in [0.4, 0.5) is 0 Å². The van der Waals surface area contributed by atoms with Crippen LogP contribution in [0.15, 0.2) is 0 Å². The van der Waals surface area contributed by atoms with Gasteiger partial charge in [-0.3, -0.25) is 0 Å². The normalized spacial score (nSPS) is 19.0. The third-order valence-corrected chi connectivity index (χ3v) is 4.04. The minimum Gasteiger partial charge on any atom is -0.316 e. The van der Waals surface area contributed by atoms with E-state index < -0.39 is 0 Å². The molecule has 1 aliphatic rings. The van der Waals surface area contributed by atoms with Gasteiger partial charge in [0.05, 0.1) is 0 Å². The van der Waals surface area contributed by atoms with Crippen LogP contribution < -0.4 is 5.32 Å². The van der Waals surface area contributed by atoms with Crippen LogP contribution in [0.25, 0.3) is 0 Å². The van der Waals surface area contributed by atoms with Crippen molar-refractivity contribution in [2.75, 3.05) is 46.3 Å². The summed E-state index contributed by atoms with van der Waals surface area (Å²) in [4.78, 5) is 5.14. The summed E-state index contributed by atoms with van der Waals surface area (Å²) in [6.07, 6.45) is 3.98. The summed E-state index contributed by atoms with van der Waals surface area (Å²) in [5.74, 6) is 0.765. The Morgan fingerprint density at radius 1 is 1.28 bits per heavy atom. The zero-order valence-corrected chi connectivity index (χ0v) is 12.9. The van der Waals surface area contributed by atoms with Crippen LogP contribution in [0.5, 0.6) is 0 Å². The van der Waals surface area contributed by atoms with Gasteiger partial charge in [0, 0.05) is 6.04 Å². The zero-order valence-electron chi connectivity index (χ0n) is 12.9. The van der Waals surface area contributed by atoms with Crippen molar-refractivity contribution in [2.24, 2.45) is 5.92 Å². The molecule has 0 bridgehead atoms. The van der Waals surface area contributed by atoms with E-state index in [1.807, 2.05) is 0 Å². The molecule has 3 heteroatoms. The molecule has 0 unspecified atom stereocenters. The Balaban J connectivity index is 2.04. The molecule has 0 saturated carbocycles. The Morgan fingerprint density at radius 2 is 1.94 bits per heavy atom. The quantitative estimate of drug-likeness (QED) is 0.670. The molecule has 108 valence electrons. The van der Waals surface area contributed by atoms with Crippen molar-refractivity contribution >= 4 is 0 Å². The van der Waals surface area contributed by atoms with Crippen molar-refractivity contribution in [1.29, 1.82) is 0 Å². The number of piperidine rings is 1. The molecule has 0 aromatic rings. The van der Waals surface area contributed by atoms with Crippen LogP contribution in [0, 0.1) is 5.92 Å². The topological polar surface area (TPSA) is 18.5 Å². The molecule has 3 nitrogen and oxygen atoms in total. The third kappa shape index (κ3) is 6.17. The SMILES string of the molecule is CCN1CCC(N(C)CCCNCC(C)C)CC1. The third-order valence-electron chi connectivity index (χ3n) is 4.04. The van der Waals surface area contributed by atoms with Gasteiger partial charge >= 0.3 is 0 Å². The van der Waals surface area contributed by atoms with Gasteiger partial charge in [0.2, 0.25) is 0 Å². The van der Waals surface area contributed by atoms with Crippen LogP contribution >= 0.6 is 0 Å². The monoisotopic (exact) mass is 255 g/mol. The molecule has 1 saturated heterocycles. The fourth-order valence-electron chi connectivity index (χ4n) is 2.70. The highest BCUT2D eigenvalue weighted by Gasteiger charge is 2.20. The van der Waals surface area contributed by atoms with E-state index in [1.54, 1.807) is 0 Å². The van der Waals surface area contributed by atoms with Crippen molar-refractivity contribution in [1.82, 2.24) is 15.1 Å². The highest BCUT2D eigenvalue weighted by molar-refractivity contribution is 4.77. The lowest BCUT2D eigenvalue weighted by Crippen LogP contribution is -2.43. The molecular weight excluding hydrogens is 222 g/mol. The van der Waals surface area contributed by atoms with Crippen molar-refractivity contribution in [2.45, 2.75) is 46.1 Å². The molecule has 1 rings (SSSR count). The number of rotatable bonds is 8. The van der Waals surface area contributed by atoms with Gasteiger partial charge in [0.1, 0.15) is 0 Å². The van der Waals surface area contributed by atoms with E-state index >= 15 is 0 Å². The molecular formula is C15H33N3. The first kappa shape index (κ1) is 15.9. The lowest BCUT2D eigenvalue weighted by molar-refractivity contribution is 0.130. The molecule has 0 amide bonds. The maximum atomic E-state index is 3.52. The molecule has 0 radical (unpaired) electrons. The maximum Gasteiger partial charge on any atom is 0.0117 e. The molecule has 1 aliphatic heterocycles. The number of hydrogen-bond acceptors (Lipinski definition) is 3. The minimum absolute atomic E-state index is 0.765. The Morgan fingerprint density at radius 3 is 2.50 bits per heavy atom. The van der Waals surface area contributed by atoms with E-state index in [1.165, 1.54) is 45.4 Å². The second-order valence-corrected chi connectivity index (χ2v) is 6.10. The van der Waals surface area contributed by atoms with E-state index in [0.717, 1.165) is 25.0 Å². The Hall–Kier alpha value is -0.120. The molecule has 1 N–H and O–H groups in total. The van der Waals surface area contributed by atoms with Crippen LogP contribution in [-0.2, 0) is 0 Å². The average molecular weight is 255 g/mol. The second-order valence-electron chi connectivity index (χ2n) is 6.10. The van der Waals surface area contributed by atoms with Gasteiger partial charge in [-0.1, -0.05) is 20.8 Å². The molecule has 0 aliphatic carbocycles. The van der Waals surface area contributed by atoms with Crippen LogP contribution in [0.2, 0.25) is 0 Å². The summed E-state index contributed by atoms with van der Waals surface area (Å²) in [5, 5.41) is 3.52. The number of hydrogen-bond donors (Lipinski definition) is 1. The summed E-state index contributed by atoms with van der Waals surface area (Å²) in [5.41, 5.74) is 0. The lowest BCUT2D eigenvalue weighted by atomic mass is 10.0. The number of nitrogens with one attached hydrogen (secondary N) is 1. The largest absolute Gasteiger partial charge is 0.316 e. The fraction of sp³-hybridized carbons (Fsp3) is 1.00. The standard InChI is InChI=1S/C15H33N3/c1-5-18-11-7-15(8-12-18)17(4)10-6-9-16-13-14(2)3/h14-16H,5-13H2,1-4H3. The zero-order chi connectivity index (χ0) is 13.4. The Bertz CT molecular complexity index is 198. The van der Waals surface area contributed by atoms with Gasteiger partial charge in [0.15, 0.2) is 0 Å². The van der Waals surface area contributed by atoms with E-state index in [2.05, 4.69) is 42.9 Å². The molecule has 0 aromatic heterocycles. The van der Waals surface area contributed by atoms with Crippen molar-refractivity contribution in [3.8, 4) is 0 Å². The predicted molar refractivity (Wildman–Crippen MR) is 80.1 cm³/mol. The molecule has 1 heterocycles. The van der Waals surface area contributed by atoms with E-state index in [4.69, 9.17) is 0 Å². The first-order valence-electron chi connectivity index (χ1n) is 7.76. The fourth-order valence-corrected chi connectivity index (χ4v) is 2.70. The smallest absolute Gasteiger partial charge is 0.0117 e. The van der Waals surface area contributed by atoms with Crippen LogP contribution in [-0.4, -0.2) is 62.2 Å². The average Bonchev–Trinajstić information content (AvgIpc) is 2.38. The molecule has 1 fully saturated rings. The van der Waals surface area contributed by atoms with Crippen molar-refractivity contribution in [3.63, 3.8) is 0 Å². The maximum absolute atomic E-state index is 3.52. The van der Waals surface area contributed by atoms with Gasteiger partial charge in [0.25, 0.3) is 0 Å². The highest BCUT2D eigenvalue weighted by Crippen LogP contribution is 2.14. The Labute approximate surface area is 114 Å². The van der Waals surface area contributed by atoms with E-state index in [0.29, 0.717) is 0 Å². The Kier molecular flexibility index (Phi) is 7.87. The van der Waals surface area contributed by atoms with Gasteiger partial charge in [-0.2, -0.15) is 0 Å². The molecule has 0 atom stereocenters. The first-order valence-corrected chi connectivity index (χ1v) is 7.76. The summed E-state index contributed by atoms with van der Waals surface area (Å²) in [7, 11) is 2.30. The summed E-state index contributed by atoms with van der Waals surface area (Å²) < 4.78 is 0. The minimum atomic E-state index is 0.765. The van der Waals surface area contributed by atoms with E-state index in [-0.39, 0.29) is 0 Å². The van der Waals surface area contributed by atoms with Gasteiger partial charge < -0.3 is 15.1 Å². The van der Waals surface area contributed by atoms with E-state index in [9.17, 15) is 0 Å². The number of likely N-dealkylation sites (tertiary alicyclic amines) is 1. The van der Waals surface area contributed by atoms with Crippen LogP contribution in [0.1, 0.15) is 40.0 Å². The van der Waals surface area contributed by atoms with Crippen LogP contribution in [0.3, 0.4) is 0 Å². The summed E-state index contributed by atoms with van der Waals surface area (Å²) in [6.45, 7) is 14.1. The molecule has 18 heavy (non-hydrogen) atoms. The molecule has 0 spiro atoms. The second kappa shape index (κ2) is 8.89. The first-order chi connectivity index (χ1) is 8.63. The summed E-state index contributed by atoms with van der Waals surface area (Å²) in [6, 6.07) is 0.817. The van der Waals surface area contributed by atoms with Crippen molar-refractivity contribution in [3.05, 3.63) is 0 Å². The highest BCUT2D eigenvalue weighted by atomic mass is 15.2. The lowest BCUT2D eigenvalue weighted by Gasteiger charge is -2.36. The summed E-state index contributed by atoms with van der Waals surface area (Å²) >= 11 is 0. The predicted octanol–water partition coefficient (Wildman–Crippen LogP) is 2.04. The van der Waals surface area contributed by atoms with Crippen molar-refractivity contribution < 1.29 is 0 Å². The van der Waals surface area contributed by atoms with Gasteiger partial charge in [-0.25, -0.2) is 0 Å². The molecule has 0 aromatic carbocycles.